The predicted octanol–water partition coefficient (Wildman–Crippen LogP) is 1.34. The van der Waals surface area contributed by atoms with Gasteiger partial charge in [-0.2, -0.15) is 23.5 Å². The Bertz CT molecular complexity index is 239. The number of carbonyl (C=O) groups is 1. The third-order valence-corrected chi connectivity index (χ3v) is 5.54. The molecule has 0 aromatic rings. The molecule has 0 aliphatic carbocycles. The third kappa shape index (κ3) is 5.10. The fourth-order valence-corrected chi connectivity index (χ4v) is 4.41. The van der Waals surface area contributed by atoms with Crippen molar-refractivity contribution in [2.24, 2.45) is 5.92 Å². The predicted molar refractivity (Wildman–Crippen MR) is 76.8 cm³/mol. The second kappa shape index (κ2) is 7.54. The zero-order valence-electron chi connectivity index (χ0n) is 10.2. The Hall–Kier alpha value is 0.130. The molecule has 3 nitrogen and oxygen atoms in total. The molecular formula is C12H22N2OS2. The largest absolute Gasteiger partial charge is 0.356 e. The van der Waals surface area contributed by atoms with E-state index in [9.17, 15) is 4.79 Å². The van der Waals surface area contributed by atoms with Crippen molar-refractivity contribution in [2.45, 2.75) is 25.3 Å². The molecule has 0 aromatic carbocycles. The molecule has 2 aliphatic rings. The maximum absolute atomic E-state index is 11.8. The summed E-state index contributed by atoms with van der Waals surface area (Å²) >= 11 is 3.98. The molecule has 2 N–H and O–H groups in total. The summed E-state index contributed by atoms with van der Waals surface area (Å²) in [6.07, 6.45) is 3.18. The average molecular weight is 274 g/mol. The van der Waals surface area contributed by atoms with E-state index >= 15 is 0 Å². The number of carbonyl (C=O) groups excluding carboxylic acids is 1. The van der Waals surface area contributed by atoms with Gasteiger partial charge < -0.3 is 10.6 Å². The first-order chi connectivity index (χ1) is 8.34. The van der Waals surface area contributed by atoms with Gasteiger partial charge in [0.2, 0.25) is 5.91 Å². The standard InChI is InChI=1S/C12H22N2OS2/c15-12(7-11-9-17-6-3-13-11)14-8-10-1-4-16-5-2-10/h10-11,13H,1-9H2,(H,14,15). The van der Waals surface area contributed by atoms with Crippen molar-refractivity contribution in [3.8, 4) is 0 Å². The molecule has 0 radical (unpaired) electrons. The Morgan fingerprint density at radius 3 is 2.76 bits per heavy atom. The maximum atomic E-state index is 11.8. The van der Waals surface area contributed by atoms with Gasteiger partial charge in [-0.3, -0.25) is 4.79 Å². The Morgan fingerprint density at radius 1 is 1.24 bits per heavy atom. The highest BCUT2D eigenvalue weighted by molar-refractivity contribution is 7.99. The number of amides is 1. The number of nitrogens with one attached hydrogen (secondary N) is 2. The van der Waals surface area contributed by atoms with Crippen molar-refractivity contribution in [1.29, 1.82) is 0 Å². The van der Waals surface area contributed by atoms with E-state index in [2.05, 4.69) is 10.6 Å². The molecule has 2 saturated heterocycles. The summed E-state index contributed by atoms with van der Waals surface area (Å²) in [7, 11) is 0. The van der Waals surface area contributed by atoms with Crippen LogP contribution in [0.25, 0.3) is 0 Å². The van der Waals surface area contributed by atoms with Crippen LogP contribution in [0.5, 0.6) is 0 Å². The van der Waals surface area contributed by atoms with Crippen molar-refractivity contribution in [2.75, 3.05) is 36.1 Å². The normalized spacial score (nSPS) is 26.7. The van der Waals surface area contributed by atoms with Crippen molar-refractivity contribution in [3.05, 3.63) is 0 Å². The summed E-state index contributed by atoms with van der Waals surface area (Å²) in [5.41, 5.74) is 0. The molecule has 2 heterocycles. The van der Waals surface area contributed by atoms with Crippen LogP contribution in [0.1, 0.15) is 19.3 Å². The van der Waals surface area contributed by atoms with Gasteiger partial charge in [0.25, 0.3) is 0 Å². The second-order valence-electron chi connectivity index (χ2n) is 4.79. The molecule has 2 fully saturated rings. The van der Waals surface area contributed by atoms with E-state index in [1.807, 2.05) is 23.5 Å². The van der Waals surface area contributed by atoms with E-state index < -0.39 is 0 Å². The summed E-state index contributed by atoms with van der Waals surface area (Å²) in [5, 5.41) is 6.51. The molecule has 0 spiro atoms. The van der Waals surface area contributed by atoms with Crippen molar-refractivity contribution < 1.29 is 4.79 Å². The molecule has 1 atom stereocenters. The van der Waals surface area contributed by atoms with Crippen molar-refractivity contribution >= 4 is 29.4 Å². The van der Waals surface area contributed by atoms with Crippen LogP contribution < -0.4 is 10.6 Å². The van der Waals surface area contributed by atoms with E-state index in [0.717, 1.165) is 18.8 Å². The molecular weight excluding hydrogens is 252 g/mol. The van der Waals surface area contributed by atoms with E-state index in [1.54, 1.807) is 0 Å². The van der Waals surface area contributed by atoms with Crippen molar-refractivity contribution in [3.63, 3.8) is 0 Å². The minimum absolute atomic E-state index is 0.225. The highest BCUT2D eigenvalue weighted by Crippen LogP contribution is 2.21. The fourth-order valence-electron chi connectivity index (χ4n) is 2.26. The molecule has 0 saturated carbocycles. The van der Waals surface area contributed by atoms with Crippen LogP contribution in [0.2, 0.25) is 0 Å². The summed E-state index contributed by atoms with van der Waals surface area (Å²) < 4.78 is 0. The summed E-state index contributed by atoms with van der Waals surface area (Å²) in [5.74, 6) is 5.73. The molecule has 1 amide bonds. The number of hydrogen-bond donors (Lipinski definition) is 2. The molecule has 0 aromatic heterocycles. The van der Waals surface area contributed by atoms with Gasteiger partial charge in [0.05, 0.1) is 0 Å². The number of hydrogen-bond acceptors (Lipinski definition) is 4. The lowest BCUT2D eigenvalue weighted by atomic mass is 10.0. The van der Waals surface area contributed by atoms with Gasteiger partial charge in [0, 0.05) is 37.1 Å². The van der Waals surface area contributed by atoms with Gasteiger partial charge in [-0.25, -0.2) is 0 Å². The van der Waals surface area contributed by atoms with Crippen LogP contribution in [-0.2, 0) is 4.79 Å². The lowest BCUT2D eigenvalue weighted by Gasteiger charge is -2.24. The highest BCUT2D eigenvalue weighted by Gasteiger charge is 2.18. The van der Waals surface area contributed by atoms with Gasteiger partial charge >= 0.3 is 0 Å². The Morgan fingerprint density at radius 2 is 2.06 bits per heavy atom. The topological polar surface area (TPSA) is 41.1 Å². The monoisotopic (exact) mass is 274 g/mol. The zero-order chi connectivity index (χ0) is 11.9. The second-order valence-corrected chi connectivity index (χ2v) is 7.16. The molecule has 5 heteroatoms. The molecule has 98 valence electrons. The minimum Gasteiger partial charge on any atom is -0.356 e. The lowest BCUT2D eigenvalue weighted by molar-refractivity contribution is -0.121. The average Bonchev–Trinajstić information content (AvgIpc) is 2.39. The van der Waals surface area contributed by atoms with Crippen LogP contribution >= 0.6 is 23.5 Å². The maximum Gasteiger partial charge on any atom is 0.221 e. The quantitative estimate of drug-likeness (QED) is 0.812. The smallest absolute Gasteiger partial charge is 0.221 e. The molecule has 1 unspecified atom stereocenters. The lowest BCUT2D eigenvalue weighted by Crippen LogP contribution is -2.42. The minimum atomic E-state index is 0.225. The van der Waals surface area contributed by atoms with Gasteiger partial charge in [-0.05, 0) is 30.3 Å². The number of thioether (sulfide) groups is 2. The SMILES string of the molecule is O=C(CC1CSCCN1)NCC1CCSCC1. The van der Waals surface area contributed by atoms with Crippen LogP contribution in [0.3, 0.4) is 0 Å². The first kappa shape index (κ1) is 13.6. The Balaban J connectivity index is 1.59. The third-order valence-electron chi connectivity index (χ3n) is 3.36. The first-order valence-corrected chi connectivity index (χ1v) is 8.81. The van der Waals surface area contributed by atoms with E-state index in [0.29, 0.717) is 18.4 Å². The van der Waals surface area contributed by atoms with Crippen LogP contribution in [-0.4, -0.2) is 48.0 Å². The molecule has 17 heavy (non-hydrogen) atoms. The van der Waals surface area contributed by atoms with Crippen molar-refractivity contribution in [1.82, 2.24) is 10.6 Å². The van der Waals surface area contributed by atoms with Gasteiger partial charge in [0.15, 0.2) is 0 Å². The zero-order valence-corrected chi connectivity index (χ0v) is 11.9. The van der Waals surface area contributed by atoms with Gasteiger partial charge in [-0.1, -0.05) is 0 Å². The Labute approximate surface area is 112 Å². The summed E-state index contributed by atoms with van der Waals surface area (Å²) in [4.78, 5) is 11.8. The van der Waals surface area contributed by atoms with Crippen LogP contribution in [0.4, 0.5) is 0 Å². The van der Waals surface area contributed by atoms with E-state index in [4.69, 9.17) is 0 Å². The highest BCUT2D eigenvalue weighted by atomic mass is 32.2. The first-order valence-electron chi connectivity index (χ1n) is 6.50. The van der Waals surface area contributed by atoms with E-state index in [1.165, 1.54) is 30.1 Å². The van der Waals surface area contributed by atoms with E-state index in [-0.39, 0.29) is 5.91 Å². The Kier molecular flexibility index (Phi) is 6.01. The summed E-state index contributed by atoms with van der Waals surface area (Å²) in [6, 6.07) is 0.385. The van der Waals surface area contributed by atoms with Gasteiger partial charge in [-0.15, -0.1) is 0 Å². The molecule has 0 bridgehead atoms. The van der Waals surface area contributed by atoms with Crippen LogP contribution in [0, 0.1) is 5.92 Å². The number of rotatable bonds is 4. The summed E-state index contributed by atoms with van der Waals surface area (Å²) in [6.45, 7) is 1.93. The van der Waals surface area contributed by atoms with Crippen LogP contribution in [0.15, 0.2) is 0 Å². The molecule has 2 rings (SSSR count). The van der Waals surface area contributed by atoms with Gasteiger partial charge in [0.1, 0.15) is 0 Å². The molecule has 2 aliphatic heterocycles. The fraction of sp³-hybridized carbons (Fsp3) is 0.917.